The SMILES string of the molecule is C=C(C)C=O.COc1ccc(Cc2cc(C)ccc2C)cc1.COc1ccc(Cc2cc(C)ccc2S(=O)(=O)CC(C)C=O)cc1. The van der Waals surface area contributed by atoms with Crippen LogP contribution in [0, 0.1) is 26.7 Å². The lowest BCUT2D eigenvalue weighted by atomic mass is 9.99. The van der Waals surface area contributed by atoms with Gasteiger partial charge in [-0.15, -0.1) is 0 Å². The molecular formula is C39H46O6S. The van der Waals surface area contributed by atoms with Crippen molar-refractivity contribution in [2.45, 2.75) is 52.4 Å². The standard InChI is InChI=1S/C19H22O4S.C16H18O.C4H6O/c1-14-4-9-19(24(21,22)13-15(2)12-20)17(10-14)11-16-5-7-18(23-3)8-6-16;1-12-4-5-13(2)15(10-12)11-14-6-8-16(17-3)9-7-14;1-4(2)3-5/h4-10,12,15H,11,13H2,1-3H3;4-10H,11H2,1-3H3;3H,1H2,2H3. The van der Waals surface area contributed by atoms with Crippen LogP contribution < -0.4 is 9.47 Å². The van der Waals surface area contributed by atoms with Crippen molar-refractivity contribution in [3.05, 3.63) is 136 Å². The normalized spacial score (nSPS) is 11.1. The van der Waals surface area contributed by atoms with Crippen LogP contribution in [-0.4, -0.2) is 41.0 Å². The zero-order valence-corrected chi connectivity index (χ0v) is 28.8. The number of carbonyl (C=O) groups is 2. The van der Waals surface area contributed by atoms with Gasteiger partial charge in [0.2, 0.25) is 0 Å². The summed E-state index contributed by atoms with van der Waals surface area (Å²) in [6.45, 7) is 12.8. The summed E-state index contributed by atoms with van der Waals surface area (Å²) in [5.41, 5.74) is 8.71. The van der Waals surface area contributed by atoms with Crippen molar-refractivity contribution in [3.8, 4) is 11.5 Å². The van der Waals surface area contributed by atoms with E-state index >= 15 is 0 Å². The molecule has 0 heterocycles. The zero-order valence-electron chi connectivity index (χ0n) is 28.0. The molecule has 0 saturated heterocycles. The Morgan fingerprint density at radius 1 is 0.739 bits per heavy atom. The van der Waals surface area contributed by atoms with Gasteiger partial charge in [-0.25, -0.2) is 8.42 Å². The molecule has 1 atom stereocenters. The molecule has 7 heteroatoms. The summed E-state index contributed by atoms with van der Waals surface area (Å²) in [5.74, 6) is 0.977. The number of allylic oxidation sites excluding steroid dienone is 1. The molecule has 4 aromatic carbocycles. The molecule has 4 rings (SSSR count). The Bertz CT molecular complexity index is 1690. The second-order valence-corrected chi connectivity index (χ2v) is 13.5. The fourth-order valence-corrected chi connectivity index (χ4v) is 6.30. The molecule has 1 unspecified atom stereocenters. The minimum Gasteiger partial charge on any atom is -0.497 e. The van der Waals surface area contributed by atoms with Crippen molar-refractivity contribution in [2.75, 3.05) is 20.0 Å². The molecule has 4 aromatic rings. The number of aryl methyl sites for hydroxylation is 3. The van der Waals surface area contributed by atoms with Crippen LogP contribution in [0.2, 0.25) is 0 Å². The predicted octanol–water partition coefficient (Wildman–Crippen LogP) is 7.87. The highest BCUT2D eigenvalue weighted by Crippen LogP contribution is 2.24. The Balaban J connectivity index is 0.000000291. The third kappa shape index (κ3) is 12.5. The Labute approximate surface area is 275 Å². The van der Waals surface area contributed by atoms with Crippen LogP contribution in [0.5, 0.6) is 11.5 Å². The summed E-state index contributed by atoms with van der Waals surface area (Å²) in [4.78, 5) is 20.5. The van der Waals surface area contributed by atoms with Gasteiger partial charge in [-0.3, -0.25) is 4.79 Å². The van der Waals surface area contributed by atoms with Gasteiger partial charge in [-0.05, 0) is 104 Å². The van der Waals surface area contributed by atoms with Gasteiger partial charge in [0.1, 0.15) is 24.1 Å². The number of hydrogen-bond donors (Lipinski definition) is 0. The summed E-state index contributed by atoms with van der Waals surface area (Å²) in [7, 11) is -0.208. The highest BCUT2D eigenvalue weighted by molar-refractivity contribution is 7.91. The molecule has 0 aliphatic heterocycles. The number of rotatable bonds is 11. The molecule has 244 valence electrons. The molecule has 0 radical (unpaired) electrons. The van der Waals surface area contributed by atoms with Gasteiger partial charge >= 0.3 is 0 Å². The molecule has 0 fully saturated rings. The van der Waals surface area contributed by atoms with Crippen molar-refractivity contribution < 1.29 is 27.5 Å². The third-order valence-corrected chi connectivity index (χ3v) is 9.11. The van der Waals surface area contributed by atoms with E-state index in [0.717, 1.165) is 40.9 Å². The fourth-order valence-electron chi connectivity index (χ4n) is 4.54. The maximum absolute atomic E-state index is 12.6. The average Bonchev–Trinajstić information content (AvgIpc) is 3.03. The van der Waals surface area contributed by atoms with Crippen molar-refractivity contribution in [2.24, 2.45) is 5.92 Å². The topological polar surface area (TPSA) is 86.7 Å². The lowest BCUT2D eigenvalue weighted by Gasteiger charge is -2.13. The van der Waals surface area contributed by atoms with Crippen LogP contribution in [0.25, 0.3) is 0 Å². The molecule has 0 N–H and O–H groups in total. The van der Waals surface area contributed by atoms with Gasteiger partial charge < -0.3 is 14.3 Å². The quantitative estimate of drug-likeness (QED) is 0.122. The van der Waals surface area contributed by atoms with E-state index < -0.39 is 15.8 Å². The minimum atomic E-state index is -3.51. The smallest absolute Gasteiger partial charge is 0.179 e. The van der Waals surface area contributed by atoms with E-state index in [1.54, 1.807) is 40.2 Å². The number of ether oxygens (including phenoxy) is 2. The van der Waals surface area contributed by atoms with Crippen LogP contribution in [0.4, 0.5) is 0 Å². The van der Waals surface area contributed by atoms with E-state index in [1.165, 1.54) is 22.3 Å². The number of benzene rings is 4. The lowest BCUT2D eigenvalue weighted by Crippen LogP contribution is -2.16. The second kappa shape index (κ2) is 18.5. The van der Waals surface area contributed by atoms with Crippen LogP contribution >= 0.6 is 0 Å². The molecule has 46 heavy (non-hydrogen) atoms. The number of hydrogen-bond acceptors (Lipinski definition) is 6. The number of carbonyl (C=O) groups excluding carboxylic acids is 2. The second-order valence-electron chi connectivity index (χ2n) is 11.4. The number of aldehydes is 2. The highest BCUT2D eigenvalue weighted by atomic mass is 32.2. The van der Waals surface area contributed by atoms with Crippen molar-refractivity contribution in [3.63, 3.8) is 0 Å². The predicted molar refractivity (Wildman–Crippen MR) is 187 cm³/mol. The van der Waals surface area contributed by atoms with Crippen LogP contribution in [0.15, 0.2) is 102 Å². The first-order chi connectivity index (χ1) is 21.8. The number of sulfone groups is 1. The fraction of sp³-hybridized carbons (Fsp3) is 0.282. The first-order valence-electron chi connectivity index (χ1n) is 15.0. The first kappa shape index (κ1) is 37.7. The van der Waals surface area contributed by atoms with Crippen LogP contribution in [0.3, 0.4) is 0 Å². The van der Waals surface area contributed by atoms with Crippen LogP contribution in [-0.2, 0) is 32.3 Å². The lowest BCUT2D eigenvalue weighted by molar-refractivity contribution is -0.110. The van der Waals surface area contributed by atoms with Gasteiger partial charge in [0.15, 0.2) is 9.84 Å². The van der Waals surface area contributed by atoms with E-state index in [2.05, 4.69) is 50.8 Å². The molecular weight excluding hydrogens is 596 g/mol. The van der Waals surface area contributed by atoms with Gasteiger partial charge in [0.05, 0.1) is 24.9 Å². The molecule has 0 aliphatic rings. The highest BCUT2D eigenvalue weighted by Gasteiger charge is 2.21. The Hall–Kier alpha value is -4.49. The molecule has 0 aromatic heterocycles. The summed E-state index contributed by atoms with van der Waals surface area (Å²) in [5, 5.41) is 0. The summed E-state index contributed by atoms with van der Waals surface area (Å²) >= 11 is 0. The maximum Gasteiger partial charge on any atom is 0.179 e. The van der Waals surface area contributed by atoms with E-state index in [1.807, 2.05) is 49.4 Å². The average molecular weight is 643 g/mol. The Morgan fingerprint density at radius 2 is 1.17 bits per heavy atom. The van der Waals surface area contributed by atoms with Crippen molar-refractivity contribution in [1.82, 2.24) is 0 Å². The molecule has 0 amide bonds. The largest absolute Gasteiger partial charge is 0.497 e. The van der Waals surface area contributed by atoms with Gasteiger partial charge in [0, 0.05) is 5.92 Å². The van der Waals surface area contributed by atoms with E-state index in [4.69, 9.17) is 9.47 Å². The third-order valence-electron chi connectivity index (χ3n) is 7.08. The minimum absolute atomic E-state index is 0.171. The van der Waals surface area contributed by atoms with Gasteiger partial charge in [-0.1, -0.05) is 79.2 Å². The Morgan fingerprint density at radius 3 is 1.61 bits per heavy atom. The first-order valence-corrected chi connectivity index (χ1v) is 16.7. The molecule has 0 saturated carbocycles. The summed E-state index contributed by atoms with van der Waals surface area (Å²) in [6.07, 6.45) is 2.89. The maximum atomic E-state index is 12.6. The van der Waals surface area contributed by atoms with Crippen LogP contribution in [0.1, 0.15) is 52.8 Å². The molecule has 0 aliphatic carbocycles. The van der Waals surface area contributed by atoms with E-state index in [-0.39, 0.29) is 5.75 Å². The van der Waals surface area contributed by atoms with E-state index in [9.17, 15) is 18.0 Å². The monoisotopic (exact) mass is 642 g/mol. The summed E-state index contributed by atoms with van der Waals surface area (Å²) < 4.78 is 35.6. The molecule has 6 nitrogen and oxygen atoms in total. The van der Waals surface area contributed by atoms with E-state index in [0.29, 0.717) is 23.2 Å². The number of methoxy groups -OCH3 is 2. The Kier molecular flexibility index (Phi) is 15.1. The van der Waals surface area contributed by atoms with Crippen molar-refractivity contribution in [1.29, 1.82) is 0 Å². The van der Waals surface area contributed by atoms with Gasteiger partial charge in [0.25, 0.3) is 0 Å². The molecule has 0 spiro atoms. The van der Waals surface area contributed by atoms with Gasteiger partial charge in [-0.2, -0.15) is 0 Å². The van der Waals surface area contributed by atoms with Crippen molar-refractivity contribution >= 4 is 22.4 Å². The summed E-state index contributed by atoms with van der Waals surface area (Å²) in [6, 6.07) is 27.8. The molecule has 0 bridgehead atoms. The zero-order chi connectivity index (χ0) is 34.3.